The van der Waals surface area contributed by atoms with Crippen molar-refractivity contribution in [1.82, 2.24) is 5.32 Å². The van der Waals surface area contributed by atoms with Crippen LogP contribution in [-0.2, 0) is 9.59 Å². The van der Waals surface area contributed by atoms with E-state index in [1.54, 1.807) is 24.3 Å². The van der Waals surface area contributed by atoms with Gasteiger partial charge in [0.2, 0.25) is 0 Å². The molecule has 2 aromatic carbocycles. The van der Waals surface area contributed by atoms with E-state index in [-0.39, 0.29) is 13.0 Å². The largest absolute Gasteiger partial charge is 0.550 e. The van der Waals surface area contributed by atoms with Crippen molar-refractivity contribution in [2.24, 2.45) is 0 Å². The van der Waals surface area contributed by atoms with Crippen LogP contribution in [0.4, 0.5) is 0 Å². The van der Waals surface area contributed by atoms with Crippen LogP contribution in [0.25, 0.3) is 0 Å². The van der Waals surface area contributed by atoms with Crippen LogP contribution in [0.2, 0.25) is 5.02 Å². The summed E-state index contributed by atoms with van der Waals surface area (Å²) in [5.41, 5.74) is 1.67. The highest BCUT2D eigenvalue weighted by molar-refractivity contribution is 6.30. The minimum atomic E-state index is -1.25. The molecule has 0 aliphatic heterocycles. The number of carbonyl (C=O) groups is 2. The Kier molecular flexibility index (Phi) is 7.67. The molecule has 2 aromatic rings. The molecule has 1 N–H and O–H groups in total. The van der Waals surface area contributed by atoms with Crippen LogP contribution < -0.4 is 15.2 Å². The summed E-state index contributed by atoms with van der Waals surface area (Å²) < 4.78 is 5.69. The van der Waals surface area contributed by atoms with Gasteiger partial charge in [0.1, 0.15) is 5.75 Å². The Morgan fingerprint density at radius 1 is 1.15 bits per heavy atom. The number of rotatable bonds is 9. The smallest absolute Gasteiger partial charge is 0.258 e. The van der Waals surface area contributed by atoms with Gasteiger partial charge in [-0.15, -0.1) is 0 Å². The van der Waals surface area contributed by atoms with Gasteiger partial charge in [-0.1, -0.05) is 55.8 Å². The number of carboxylic acid groups (broad SMARTS) is 1. The van der Waals surface area contributed by atoms with Gasteiger partial charge in [0, 0.05) is 17.4 Å². The molecule has 1 amide bonds. The van der Waals surface area contributed by atoms with Gasteiger partial charge in [0.25, 0.3) is 5.91 Å². The molecule has 0 heterocycles. The second-order valence-electron chi connectivity index (χ2n) is 6.38. The Hall–Kier alpha value is -2.53. The summed E-state index contributed by atoms with van der Waals surface area (Å²) in [6.07, 6.45) is 0.619. The molecule has 0 bridgehead atoms. The fourth-order valence-corrected chi connectivity index (χ4v) is 2.86. The fourth-order valence-electron chi connectivity index (χ4n) is 2.73. The molecule has 6 heteroatoms. The number of hydrogen-bond acceptors (Lipinski definition) is 4. The molecule has 2 rings (SSSR count). The highest BCUT2D eigenvalue weighted by Gasteiger charge is 2.16. The summed E-state index contributed by atoms with van der Waals surface area (Å²) >= 11 is 5.86. The lowest BCUT2D eigenvalue weighted by Gasteiger charge is -2.21. The topological polar surface area (TPSA) is 78.5 Å². The van der Waals surface area contributed by atoms with Gasteiger partial charge in [-0.05, 0) is 41.7 Å². The SMILES string of the molecule is CC[C@@H](C)c1ccccc1OCC(=O)N[C@@H](CC(=O)[O-])c1ccc(Cl)cc1. The van der Waals surface area contributed by atoms with Crippen molar-refractivity contribution >= 4 is 23.5 Å². The molecule has 144 valence electrons. The molecule has 5 nitrogen and oxygen atoms in total. The van der Waals surface area contributed by atoms with E-state index in [4.69, 9.17) is 16.3 Å². The first kappa shape index (κ1) is 20.8. The summed E-state index contributed by atoms with van der Waals surface area (Å²) in [6, 6.07) is 13.5. The number of ether oxygens (including phenoxy) is 1. The Morgan fingerprint density at radius 2 is 1.81 bits per heavy atom. The molecule has 0 saturated heterocycles. The summed E-state index contributed by atoms with van der Waals surface area (Å²) in [5.74, 6) is -0.692. The zero-order valence-corrected chi connectivity index (χ0v) is 16.2. The Morgan fingerprint density at radius 3 is 2.44 bits per heavy atom. The molecule has 2 atom stereocenters. The Labute approximate surface area is 164 Å². The third-order valence-corrected chi connectivity index (χ3v) is 4.65. The van der Waals surface area contributed by atoms with Gasteiger partial charge in [0.05, 0.1) is 6.04 Å². The molecule has 0 radical (unpaired) electrons. The third-order valence-electron chi connectivity index (χ3n) is 4.40. The number of halogens is 1. The van der Waals surface area contributed by atoms with Crippen LogP contribution >= 0.6 is 11.6 Å². The lowest BCUT2D eigenvalue weighted by molar-refractivity contribution is -0.306. The number of aliphatic carboxylic acids is 1. The Balaban J connectivity index is 2.04. The third kappa shape index (κ3) is 6.29. The van der Waals surface area contributed by atoms with Crippen LogP contribution in [0.5, 0.6) is 5.75 Å². The van der Waals surface area contributed by atoms with Gasteiger partial charge in [-0.2, -0.15) is 0 Å². The lowest BCUT2D eigenvalue weighted by Crippen LogP contribution is -2.36. The maximum atomic E-state index is 12.3. The molecule has 0 aromatic heterocycles. The zero-order chi connectivity index (χ0) is 19.8. The number of carbonyl (C=O) groups excluding carboxylic acids is 2. The number of amides is 1. The van der Waals surface area contributed by atoms with Crippen molar-refractivity contribution in [3.8, 4) is 5.75 Å². The average molecular weight is 389 g/mol. The van der Waals surface area contributed by atoms with Crippen molar-refractivity contribution in [3.05, 3.63) is 64.7 Å². The fraction of sp³-hybridized carbons (Fsp3) is 0.333. The number of para-hydroxylation sites is 1. The minimum absolute atomic E-state index is 0.204. The van der Waals surface area contributed by atoms with E-state index in [0.29, 0.717) is 22.3 Å². The number of benzene rings is 2. The van der Waals surface area contributed by atoms with Gasteiger partial charge in [-0.3, -0.25) is 4.79 Å². The molecule has 0 aliphatic rings. The standard InChI is InChI=1S/C21H24ClNO4/c1-3-14(2)17-6-4-5-7-19(17)27-13-20(24)23-18(12-21(25)26)15-8-10-16(22)11-9-15/h4-11,14,18H,3,12-13H2,1-2H3,(H,23,24)(H,25,26)/p-1/t14-,18+/m1/s1. The summed E-state index contributed by atoms with van der Waals surface area (Å²) in [4.78, 5) is 23.4. The van der Waals surface area contributed by atoms with Gasteiger partial charge in [0.15, 0.2) is 6.61 Å². The van der Waals surface area contributed by atoms with Crippen molar-refractivity contribution in [2.45, 2.75) is 38.6 Å². The first-order valence-electron chi connectivity index (χ1n) is 8.87. The van der Waals surface area contributed by atoms with E-state index in [1.165, 1.54) is 0 Å². The molecule has 0 aliphatic carbocycles. The van der Waals surface area contributed by atoms with Gasteiger partial charge >= 0.3 is 0 Å². The summed E-state index contributed by atoms with van der Waals surface area (Å²) in [7, 11) is 0. The zero-order valence-electron chi connectivity index (χ0n) is 15.4. The van der Waals surface area contributed by atoms with Gasteiger partial charge in [-0.25, -0.2) is 0 Å². The predicted molar refractivity (Wildman–Crippen MR) is 103 cm³/mol. The van der Waals surface area contributed by atoms with Crippen LogP contribution in [0.15, 0.2) is 48.5 Å². The maximum absolute atomic E-state index is 12.3. The molecule has 0 unspecified atom stereocenters. The molecule has 0 fully saturated rings. The average Bonchev–Trinajstić information content (AvgIpc) is 2.65. The van der Waals surface area contributed by atoms with Crippen LogP contribution in [-0.4, -0.2) is 18.5 Å². The first-order chi connectivity index (χ1) is 12.9. The number of hydrogen-bond donors (Lipinski definition) is 1. The normalized spacial score (nSPS) is 12.9. The summed E-state index contributed by atoms with van der Waals surface area (Å²) in [5, 5.41) is 14.3. The molecular formula is C21H23ClNO4-. The first-order valence-corrected chi connectivity index (χ1v) is 9.24. The highest BCUT2D eigenvalue weighted by atomic mass is 35.5. The quantitative estimate of drug-likeness (QED) is 0.715. The van der Waals surface area contributed by atoms with E-state index in [0.717, 1.165) is 12.0 Å². The van der Waals surface area contributed by atoms with E-state index in [9.17, 15) is 14.7 Å². The molecule has 27 heavy (non-hydrogen) atoms. The van der Waals surface area contributed by atoms with Crippen molar-refractivity contribution in [3.63, 3.8) is 0 Å². The Bertz CT molecular complexity index is 776. The number of carboxylic acids is 1. The predicted octanol–water partition coefficient (Wildman–Crippen LogP) is 3.23. The minimum Gasteiger partial charge on any atom is -0.550 e. The number of nitrogens with one attached hydrogen (secondary N) is 1. The monoisotopic (exact) mass is 388 g/mol. The molecule has 0 saturated carbocycles. The van der Waals surface area contributed by atoms with Crippen molar-refractivity contribution in [2.75, 3.05) is 6.61 Å². The molecular weight excluding hydrogens is 366 g/mol. The van der Waals surface area contributed by atoms with E-state index < -0.39 is 17.9 Å². The molecule has 0 spiro atoms. The van der Waals surface area contributed by atoms with Gasteiger partial charge < -0.3 is 20.0 Å². The second kappa shape index (κ2) is 9.97. The van der Waals surface area contributed by atoms with Crippen molar-refractivity contribution in [1.29, 1.82) is 0 Å². The van der Waals surface area contributed by atoms with Crippen LogP contribution in [0, 0.1) is 0 Å². The summed E-state index contributed by atoms with van der Waals surface area (Å²) in [6.45, 7) is 3.98. The van der Waals surface area contributed by atoms with E-state index in [1.807, 2.05) is 24.3 Å². The van der Waals surface area contributed by atoms with E-state index in [2.05, 4.69) is 19.2 Å². The highest BCUT2D eigenvalue weighted by Crippen LogP contribution is 2.28. The van der Waals surface area contributed by atoms with E-state index >= 15 is 0 Å². The van der Waals surface area contributed by atoms with Crippen LogP contribution in [0.3, 0.4) is 0 Å². The van der Waals surface area contributed by atoms with Crippen LogP contribution in [0.1, 0.15) is 49.8 Å². The lowest BCUT2D eigenvalue weighted by atomic mass is 9.98. The maximum Gasteiger partial charge on any atom is 0.258 e. The van der Waals surface area contributed by atoms with Crippen molar-refractivity contribution < 1.29 is 19.4 Å². The second-order valence-corrected chi connectivity index (χ2v) is 6.82.